The third-order valence-corrected chi connectivity index (χ3v) is 7.53. The molecule has 3 aromatic carbocycles. The summed E-state index contributed by atoms with van der Waals surface area (Å²) >= 11 is 13.4. The molecule has 11 heteroatoms. The first-order valence-electron chi connectivity index (χ1n) is 12.3. The first-order chi connectivity index (χ1) is 19.0. The number of amides is 2. The summed E-state index contributed by atoms with van der Waals surface area (Å²) in [5.74, 6) is 0.904. The van der Waals surface area contributed by atoms with Gasteiger partial charge >= 0.3 is 0 Å². The summed E-state index contributed by atoms with van der Waals surface area (Å²) in [7, 11) is 0. The van der Waals surface area contributed by atoms with Crippen LogP contribution in [0.3, 0.4) is 0 Å². The summed E-state index contributed by atoms with van der Waals surface area (Å²) in [6.07, 6.45) is 1.90. The topological polar surface area (TPSA) is 89.3 Å². The number of hydrogen-bond donors (Lipinski definition) is 1. The number of para-hydroxylation sites is 1. The second-order valence-electron chi connectivity index (χ2n) is 8.80. The average molecular weight is 583 g/mol. The highest BCUT2D eigenvalue weighted by Crippen LogP contribution is 2.29. The predicted molar refractivity (Wildman–Crippen MR) is 153 cm³/mol. The van der Waals surface area contributed by atoms with Crippen LogP contribution in [0.4, 0.5) is 5.69 Å². The number of ether oxygens (including phenoxy) is 1. The summed E-state index contributed by atoms with van der Waals surface area (Å²) in [6.45, 7) is 0.628. The average Bonchev–Trinajstić information content (AvgIpc) is 3.37. The zero-order valence-corrected chi connectivity index (χ0v) is 23.2. The van der Waals surface area contributed by atoms with E-state index in [1.54, 1.807) is 41.0 Å². The number of rotatable bonds is 9. The van der Waals surface area contributed by atoms with E-state index >= 15 is 0 Å². The van der Waals surface area contributed by atoms with E-state index < -0.39 is 0 Å². The first kappa shape index (κ1) is 27.1. The minimum Gasteiger partial charge on any atom is -0.484 e. The van der Waals surface area contributed by atoms with E-state index in [-0.39, 0.29) is 30.7 Å². The molecule has 0 bridgehead atoms. The summed E-state index contributed by atoms with van der Waals surface area (Å²) in [4.78, 5) is 27.5. The molecule has 0 unspecified atom stereocenters. The van der Waals surface area contributed by atoms with Crippen molar-refractivity contribution in [3.05, 3.63) is 94.2 Å². The number of anilines is 1. The molecule has 0 atom stereocenters. The number of carbonyl (C=O) groups is 2. The van der Waals surface area contributed by atoms with E-state index in [1.807, 2.05) is 35.2 Å². The zero-order valence-electron chi connectivity index (χ0n) is 20.8. The number of nitrogens with zero attached hydrogens (tertiary/aromatic N) is 4. The number of carbonyl (C=O) groups excluding carboxylic acids is 2. The number of thioether (sulfide) groups is 1. The van der Waals surface area contributed by atoms with Gasteiger partial charge in [-0.05, 0) is 66.9 Å². The lowest BCUT2D eigenvalue weighted by atomic mass is 10.0. The molecule has 0 radical (unpaired) electrons. The van der Waals surface area contributed by atoms with Crippen LogP contribution < -0.4 is 15.0 Å². The number of aryl methyl sites for hydroxylation is 1. The van der Waals surface area contributed by atoms with Gasteiger partial charge < -0.3 is 15.0 Å². The molecule has 5 rings (SSSR count). The van der Waals surface area contributed by atoms with Crippen molar-refractivity contribution in [3.63, 3.8) is 0 Å². The lowest BCUT2D eigenvalue weighted by molar-refractivity contribution is -0.123. The molecule has 8 nitrogen and oxygen atoms in total. The summed E-state index contributed by atoms with van der Waals surface area (Å²) in [6, 6.07) is 22.0. The quantitative estimate of drug-likeness (QED) is 0.268. The molecule has 1 aromatic heterocycles. The lowest BCUT2D eigenvalue weighted by Crippen LogP contribution is -2.36. The van der Waals surface area contributed by atoms with Gasteiger partial charge in [-0.3, -0.25) is 14.2 Å². The Morgan fingerprint density at radius 3 is 2.62 bits per heavy atom. The summed E-state index contributed by atoms with van der Waals surface area (Å²) < 4.78 is 7.32. The number of nitrogens with one attached hydrogen (secondary N) is 1. The normalized spacial score (nSPS) is 12.6. The van der Waals surface area contributed by atoms with Crippen LogP contribution in [0.5, 0.6) is 5.75 Å². The highest BCUT2D eigenvalue weighted by molar-refractivity contribution is 7.99. The molecular weight excluding hydrogens is 557 g/mol. The van der Waals surface area contributed by atoms with Crippen LogP contribution in [0, 0.1) is 0 Å². The molecule has 2 heterocycles. The van der Waals surface area contributed by atoms with Gasteiger partial charge in [0.25, 0.3) is 5.91 Å². The van der Waals surface area contributed by atoms with Crippen LogP contribution in [-0.4, -0.2) is 45.5 Å². The Bertz CT molecular complexity index is 1480. The third-order valence-electron chi connectivity index (χ3n) is 6.13. The summed E-state index contributed by atoms with van der Waals surface area (Å²) in [5.41, 5.74) is 2.88. The smallest absolute Gasteiger partial charge is 0.258 e. The minimum atomic E-state index is -0.321. The molecule has 0 saturated heterocycles. The molecule has 1 N–H and O–H groups in total. The Morgan fingerprint density at radius 2 is 1.79 bits per heavy atom. The Labute approximate surface area is 240 Å². The Balaban J connectivity index is 1.28. The first-order valence-corrected chi connectivity index (χ1v) is 14.1. The van der Waals surface area contributed by atoms with Crippen LogP contribution in [-0.2, 0) is 22.6 Å². The van der Waals surface area contributed by atoms with Crippen molar-refractivity contribution in [2.24, 2.45) is 0 Å². The number of benzene rings is 3. The van der Waals surface area contributed by atoms with Gasteiger partial charge in [-0.2, -0.15) is 0 Å². The van der Waals surface area contributed by atoms with Crippen LogP contribution in [0.1, 0.15) is 17.8 Å². The van der Waals surface area contributed by atoms with Gasteiger partial charge in [0.05, 0.1) is 18.0 Å². The maximum atomic E-state index is 13.2. The van der Waals surface area contributed by atoms with Crippen molar-refractivity contribution in [2.75, 3.05) is 23.8 Å². The second-order valence-corrected chi connectivity index (χ2v) is 10.6. The molecule has 0 fully saturated rings. The van der Waals surface area contributed by atoms with Gasteiger partial charge in [-0.25, -0.2) is 0 Å². The van der Waals surface area contributed by atoms with Gasteiger partial charge in [0.15, 0.2) is 17.6 Å². The van der Waals surface area contributed by atoms with Gasteiger partial charge in [-0.15, -0.1) is 10.2 Å². The highest BCUT2D eigenvalue weighted by atomic mass is 35.5. The molecule has 0 aliphatic carbocycles. The van der Waals surface area contributed by atoms with Crippen molar-refractivity contribution < 1.29 is 14.3 Å². The second kappa shape index (κ2) is 12.5. The summed E-state index contributed by atoms with van der Waals surface area (Å²) in [5, 5.41) is 13.1. The van der Waals surface area contributed by atoms with Crippen LogP contribution >= 0.6 is 35.0 Å². The maximum absolute atomic E-state index is 13.2. The number of halogens is 2. The Kier molecular flexibility index (Phi) is 8.71. The fraction of sp³-hybridized carbons (Fsp3) is 0.214. The number of fused-ring (bicyclic) bond motifs is 1. The highest BCUT2D eigenvalue weighted by Gasteiger charge is 2.24. The minimum absolute atomic E-state index is 0.00185. The third kappa shape index (κ3) is 6.73. The van der Waals surface area contributed by atoms with E-state index in [0.717, 1.165) is 24.2 Å². The molecule has 200 valence electrons. The largest absolute Gasteiger partial charge is 0.484 e. The van der Waals surface area contributed by atoms with E-state index in [0.29, 0.717) is 33.3 Å². The van der Waals surface area contributed by atoms with E-state index in [4.69, 9.17) is 27.9 Å². The van der Waals surface area contributed by atoms with Crippen molar-refractivity contribution in [1.82, 2.24) is 20.1 Å². The SMILES string of the molecule is O=C(COc1ccc(Cl)cc1)NCc1nnc(SCC(=O)N2CCCc3ccccc32)n1-c1cccc(Cl)c1. The zero-order chi connectivity index (χ0) is 27.2. The van der Waals surface area contributed by atoms with Crippen molar-refractivity contribution in [2.45, 2.75) is 24.5 Å². The van der Waals surface area contributed by atoms with Crippen LogP contribution in [0.2, 0.25) is 10.0 Å². The predicted octanol–water partition coefficient (Wildman–Crippen LogP) is 5.34. The monoisotopic (exact) mass is 581 g/mol. The van der Waals surface area contributed by atoms with Gasteiger partial charge in [0.2, 0.25) is 5.91 Å². The molecule has 0 spiro atoms. The van der Waals surface area contributed by atoms with Gasteiger partial charge in [0.1, 0.15) is 5.75 Å². The van der Waals surface area contributed by atoms with Crippen LogP contribution in [0.25, 0.3) is 5.69 Å². The molecule has 1 aliphatic rings. The molecule has 1 aliphatic heterocycles. The lowest BCUT2D eigenvalue weighted by Gasteiger charge is -2.29. The number of aromatic nitrogens is 3. The Morgan fingerprint density at radius 1 is 0.974 bits per heavy atom. The van der Waals surface area contributed by atoms with Crippen LogP contribution in [0.15, 0.2) is 78.0 Å². The molecule has 39 heavy (non-hydrogen) atoms. The van der Waals surface area contributed by atoms with E-state index in [1.165, 1.54) is 17.3 Å². The fourth-order valence-electron chi connectivity index (χ4n) is 4.29. The van der Waals surface area contributed by atoms with Gasteiger partial charge in [-0.1, -0.05) is 59.2 Å². The van der Waals surface area contributed by atoms with Crippen molar-refractivity contribution in [1.29, 1.82) is 0 Å². The number of hydrogen-bond acceptors (Lipinski definition) is 6. The molecule has 4 aromatic rings. The van der Waals surface area contributed by atoms with E-state index in [2.05, 4.69) is 21.6 Å². The van der Waals surface area contributed by atoms with Gasteiger partial charge in [0, 0.05) is 22.3 Å². The van der Waals surface area contributed by atoms with E-state index in [9.17, 15) is 9.59 Å². The maximum Gasteiger partial charge on any atom is 0.258 e. The standard InChI is InChI=1S/C28H25Cl2N5O3S/c29-20-10-12-23(13-11-20)38-17-26(36)31-16-25-32-33-28(35(25)22-8-3-7-21(30)15-22)39-18-27(37)34-14-4-6-19-5-1-2-9-24(19)34/h1-3,5,7-13,15H,4,6,14,16-18H2,(H,31,36). The molecular formula is C28H25Cl2N5O3S. The molecule has 0 saturated carbocycles. The Hall–Kier alpha value is -3.53. The van der Waals surface area contributed by atoms with Crippen molar-refractivity contribution >= 4 is 52.5 Å². The fourth-order valence-corrected chi connectivity index (χ4v) is 5.45. The molecule has 2 amide bonds. The van der Waals surface area contributed by atoms with Crippen molar-refractivity contribution in [3.8, 4) is 11.4 Å².